The maximum atomic E-state index is 6.29. The first-order valence-corrected chi connectivity index (χ1v) is 7.88. The van der Waals surface area contributed by atoms with Crippen LogP contribution >= 0.6 is 11.6 Å². The van der Waals surface area contributed by atoms with E-state index in [9.17, 15) is 0 Å². The molecule has 3 aromatic rings. The number of rotatable bonds is 4. The molecule has 0 unspecified atom stereocenters. The Balaban J connectivity index is 2.23. The molecule has 0 amide bonds. The van der Waals surface area contributed by atoms with Crippen molar-refractivity contribution in [1.82, 2.24) is 0 Å². The monoisotopic (exact) mass is 313 g/mol. The predicted octanol–water partition coefficient (Wildman–Crippen LogP) is 6.00. The number of benzene rings is 2. The number of aryl methyl sites for hydroxylation is 1. The third-order valence-electron chi connectivity index (χ3n) is 3.64. The molecule has 0 saturated carbocycles. The van der Waals surface area contributed by atoms with Crippen molar-refractivity contribution in [3.8, 4) is 17.1 Å². The Bertz CT molecular complexity index is 812. The minimum absolute atomic E-state index is 0.609. The van der Waals surface area contributed by atoms with Crippen LogP contribution in [0.4, 0.5) is 0 Å². The summed E-state index contributed by atoms with van der Waals surface area (Å²) < 4.78 is 11.9. The maximum absolute atomic E-state index is 6.29. The number of hydrogen-bond donors (Lipinski definition) is 0. The van der Waals surface area contributed by atoms with Gasteiger partial charge in [-0.15, -0.1) is 0 Å². The summed E-state index contributed by atoms with van der Waals surface area (Å²) >= 11 is 6.29. The molecule has 0 aliphatic carbocycles. The average molecular weight is 314 g/mol. The van der Waals surface area contributed by atoms with Gasteiger partial charge < -0.3 is 4.74 Å². The Hall–Kier alpha value is -2.06. The molecule has 0 atom stereocenters. The van der Waals surface area contributed by atoms with E-state index in [0.29, 0.717) is 17.4 Å². The van der Waals surface area contributed by atoms with Crippen molar-refractivity contribution < 1.29 is 9.15 Å². The summed E-state index contributed by atoms with van der Waals surface area (Å²) in [6.45, 7) is 4.73. The summed E-state index contributed by atoms with van der Waals surface area (Å²) in [4.78, 5) is 0. The van der Waals surface area contributed by atoms with Crippen molar-refractivity contribution in [2.24, 2.45) is 0 Å². The fourth-order valence-corrected chi connectivity index (χ4v) is 2.72. The lowest BCUT2D eigenvalue weighted by Gasteiger charge is -2.05. The smallest absolute Gasteiger partial charge is 0.366 e. The van der Waals surface area contributed by atoms with Crippen LogP contribution in [0, 0.1) is 0 Å². The quantitative estimate of drug-likeness (QED) is 0.551. The maximum Gasteiger partial charge on any atom is 0.366 e. The molecule has 112 valence electrons. The molecular weight excluding hydrogens is 296 g/mol. The zero-order chi connectivity index (χ0) is 15.5. The van der Waals surface area contributed by atoms with Crippen molar-refractivity contribution >= 4 is 22.6 Å². The zero-order valence-corrected chi connectivity index (χ0v) is 13.5. The van der Waals surface area contributed by atoms with Gasteiger partial charge in [-0.25, -0.2) is 4.42 Å². The van der Waals surface area contributed by atoms with Crippen LogP contribution in [0.5, 0.6) is 5.75 Å². The molecule has 22 heavy (non-hydrogen) atoms. The van der Waals surface area contributed by atoms with Crippen LogP contribution in [0.1, 0.15) is 19.4 Å². The number of hydrogen-bond acceptors (Lipinski definition) is 1. The van der Waals surface area contributed by atoms with Crippen LogP contribution in [0.3, 0.4) is 0 Å². The summed E-state index contributed by atoms with van der Waals surface area (Å²) in [5.74, 6) is 1.54. The zero-order valence-electron chi connectivity index (χ0n) is 12.7. The highest BCUT2D eigenvalue weighted by molar-refractivity contribution is 6.33. The second-order valence-electron chi connectivity index (χ2n) is 5.07. The second-order valence-corrected chi connectivity index (χ2v) is 5.48. The Morgan fingerprint density at radius 1 is 1.05 bits per heavy atom. The van der Waals surface area contributed by atoms with Crippen molar-refractivity contribution in [1.29, 1.82) is 0 Å². The van der Waals surface area contributed by atoms with Crippen LogP contribution in [-0.4, -0.2) is 6.61 Å². The first kappa shape index (κ1) is 14.9. The number of fused-ring (bicyclic) bond motifs is 1. The molecule has 0 fully saturated rings. The normalized spacial score (nSPS) is 10.9. The lowest BCUT2D eigenvalue weighted by Crippen LogP contribution is -1.94. The van der Waals surface area contributed by atoms with Crippen LogP contribution in [-0.2, 0) is 6.42 Å². The summed E-state index contributed by atoms with van der Waals surface area (Å²) in [7, 11) is 0. The number of ether oxygens (including phenoxy) is 1. The lowest BCUT2D eigenvalue weighted by atomic mass is 10.1. The van der Waals surface area contributed by atoms with Gasteiger partial charge in [0.25, 0.3) is 0 Å². The molecule has 2 nitrogen and oxygen atoms in total. The Kier molecular flexibility index (Phi) is 4.30. The summed E-state index contributed by atoms with van der Waals surface area (Å²) in [6, 6.07) is 15.8. The highest BCUT2D eigenvalue weighted by Gasteiger charge is 2.21. The van der Waals surface area contributed by atoms with E-state index in [1.54, 1.807) is 0 Å². The SMILES string of the molecule is CCOc1cc(-c2ccccc2Cl)[o+]c2ccc(CC)cc12. The molecule has 0 aliphatic heterocycles. The van der Waals surface area contributed by atoms with Crippen molar-refractivity contribution in [3.05, 3.63) is 59.1 Å². The van der Waals surface area contributed by atoms with E-state index in [4.69, 9.17) is 20.8 Å². The number of halogens is 1. The average Bonchev–Trinajstić information content (AvgIpc) is 2.55. The lowest BCUT2D eigenvalue weighted by molar-refractivity contribution is 0.342. The minimum atomic E-state index is 0.609. The standard InChI is InChI=1S/C19H18ClO2/c1-3-13-9-10-17-15(11-13)18(21-4-2)12-19(22-17)14-7-5-6-8-16(14)20/h5-12H,3-4H2,1-2H3/q+1. The molecule has 0 spiro atoms. The van der Waals surface area contributed by atoms with E-state index >= 15 is 0 Å². The van der Waals surface area contributed by atoms with Gasteiger partial charge in [0.15, 0.2) is 0 Å². The molecule has 0 aliphatic rings. The van der Waals surface area contributed by atoms with Crippen LogP contribution in [0.15, 0.2) is 52.9 Å². The Morgan fingerprint density at radius 3 is 2.59 bits per heavy atom. The van der Waals surface area contributed by atoms with Gasteiger partial charge in [0.2, 0.25) is 0 Å². The molecule has 0 radical (unpaired) electrons. The highest BCUT2D eigenvalue weighted by Crippen LogP contribution is 2.36. The largest absolute Gasteiger partial charge is 0.493 e. The van der Waals surface area contributed by atoms with E-state index in [-0.39, 0.29) is 0 Å². The molecule has 0 bridgehead atoms. The van der Waals surface area contributed by atoms with Crippen LogP contribution < -0.4 is 4.74 Å². The summed E-state index contributed by atoms with van der Waals surface area (Å²) in [5, 5.41) is 1.66. The molecular formula is C19H18ClO2+. The van der Waals surface area contributed by atoms with Crippen molar-refractivity contribution in [2.75, 3.05) is 6.61 Å². The molecule has 1 aromatic heterocycles. The fraction of sp³-hybridized carbons (Fsp3) is 0.211. The van der Waals surface area contributed by atoms with Gasteiger partial charge in [0.05, 0.1) is 23.3 Å². The van der Waals surface area contributed by atoms with E-state index in [1.165, 1.54) is 5.56 Å². The summed E-state index contributed by atoms with van der Waals surface area (Å²) in [6.07, 6.45) is 0.980. The van der Waals surface area contributed by atoms with Crippen LogP contribution in [0.2, 0.25) is 5.02 Å². The molecule has 0 N–H and O–H groups in total. The molecule has 1 heterocycles. The summed E-state index contributed by atoms with van der Waals surface area (Å²) in [5.41, 5.74) is 2.93. The Morgan fingerprint density at radius 2 is 1.86 bits per heavy atom. The third kappa shape index (κ3) is 2.79. The van der Waals surface area contributed by atoms with Gasteiger partial charge in [0.1, 0.15) is 11.1 Å². The van der Waals surface area contributed by atoms with Crippen molar-refractivity contribution in [3.63, 3.8) is 0 Å². The highest BCUT2D eigenvalue weighted by atomic mass is 35.5. The van der Waals surface area contributed by atoms with Gasteiger partial charge in [-0.05, 0) is 43.2 Å². The topological polar surface area (TPSA) is 20.5 Å². The van der Waals surface area contributed by atoms with Gasteiger partial charge in [0, 0.05) is 6.07 Å². The van der Waals surface area contributed by atoms with Gasteiger partial charge in [-0.2, -0.15) is 0 Å². The van der Waals surface area contributed by atoms with Gasteiger partial charge in [-0.3, -0.25) is 0 Å². The first-order chi connectivity index (χ1) is 10.7. The fourth-order valence-electron chi connectivity index (χ4n) is 2.49. The van der Waals surface area contributed by atoms with E-state index in [2.05, 4.69) is 19.1 Å². The van der Waals surface area contributed by atoms with E-state index in [0.717, 1.165) is 28.7 Å². The van der Waals surface area contributed by atoms with Gasteiger partial charge in [-0.1, -0.05) is 30.7 Å². The van der Waals surface area contributed by atoms with E-state index < -0.39 is 0 Å². The van der Waals surface area contributed by atoms with E-state index in [1.807, 2.05) is 43.3 Å². The predicted molar refractivity (Wildman–Crippen MR) is 91.6 cm³/mol. The molecule has 0 saturated heterocycles. The molecule has 3 rings (SSSR count). The molecule has 2 aromatic carbocycles. The third-order valence-corrected chi connectivity index (χ3v) is 3.97. The van der Waals surface area contributed by atoms with Crippen molar-refractivity contribution in [2.45, 2.75) is 20.3 Å². The minimum Gasteiger partial charge on any atom is -0.493 e. The van der Waals surface area contributed by atoms with Gasteiger partial charge >= 0.3 is 11.3 Å². The Labute approximate surface area is 135 Å². The van der Waals surface area contributed by atoms with Crippen LogP contribution in [0.25, 0.3) is 22.3 Å². The second kappa shape index (κ2) is 6.37. The first-order valence-electron chi connectivity index (χ1n) is 7.50. The molecule has 3 heteroatoms.